The number of halogens is 4. The van der Waals surface area contributed by atoms with Gasteiger partial charge in [-0.25, -0.2) is 4.39 Å². The number of benzene rings is 2. The van der Waals surface area contributed by atoms with E-state index in [1.807, 2.05) is 0 Å². The summed E-state index contributed by atoms with van der Waals surface area (Å²) in [5.74, 6) is -1.94. The Balaban J connectivity index is 2.36. The van der Waals surface area contributed by atoms with Crippen LogP contribution in [0.3, 0.4) is 0 Å². The summed E-state index contributed by atoms with van der Waals surface area (Å²) in [5.41, 5.74) is 0.681. The number of aliphatic hydroxyl groups excluding tert-OH is 1. The minimum atomic E-state index is -1.05. The Labute approximate surface area is 125 Å². The Morgan fingerprint density at radius 1 is 1.05 bits per heavy atom. The van der Waals surface area contributed by atoms with Gasteiger partial charge in [0.15, 0.2) is 11.6 Å². The van der Waals surface area contributed by atoms with E-state index in [-0.39, 0.29) is 12.4 Å². The van der Waals surface area contributed by atoms with Crippen molar-refractivity contribution in [2.75, 3.05) is 0 Å². The fraction of sp³-hybridized carbons (Fsp3) is 0.0769. The van der Waals surface area contributed by atoms with E-state index in [1.165, 1.54) is 6.07 Å². The van der Waals surface area contributed by atoms with Crippen LogP contribution in [-0.2, 0) is 6.61 Å². The molecule has 2 aromatic carbocycles. The molecule has 0 atom stereocenters. The lowest BCUT2D eigenvalue weighted by atomic mass is 10.2. The first-order chi connectivity index (χ1) is 9.01. The molecule has 0 aromatic heterocycles. The maximum atomic E-state index is 13.6. The van der Waals surface area contributed by atoms with Gasteiger partial charge in [-0.2, -0.15) is 4.39 Å². The third-order valence-corrected chi connectivity index (χ3v) is 3.44. The summed E-state index contributed by atoms with van der Waals surface area (Å²) < 4.78 is 33.0. The van der Waals surface area contributed by atoms with Gasteiger partial charge in [-0.3, -0.25) is 0 Å². The van der Waals surface area contributed by atoms with E-state index in [0.717, 1.165) is 6.07 Å². The quantitative estimate of drug-likeness (QED) is 0.760. The van der Waals surface area contributed by atoms with Crippen molar-refractivity contribution in [2.45, 2.75) is 6.61 Å². The molecule has 19 heavy (non-hydrogen) atoms. The van der Waals surface area contributed by atoms with E-state index in [1.54, 1.807) is 18.2 Å². The summed E-state index contributed by atoms with van der Waals surface area (Å²) in [4.78, 5) is 0. The lowest BCUT2D eigenvalue weighted by molar-refractivity contribution is 0.281. The summed E-state index contributed by atoms with van der Waals surface area (Å²) >= 11 is 6.31. The van der Waals surface area contributed by atoms with Crippen LogP contribution >= 0.6 is 31.9 Å². The molecule has 6 heteroatoms. The highest BCUT2D eigenvalue weighted by atomic mass is 79.9. The van der Waals surface area contributed by atoms with Gasteiger partial charge in [0.25, 0.3) is 0 Å². The molecule has 0 radical (unpaired) electrons. The first-order valence-corrected chi connectivity index (χ1v) is 6.81. The van der Waals surface area contributed by atoms with E-state index in [9.17, 15) is 8.78 Å². The Kier molecular flexibility index (Phi) is 4.54. The van der Waals surface area contributed by atoms with Gasteiger partial charge in [-0.15, -0.1) is 0 Å². The van der Waals surface area contributed by atoms with Gasteiger partial charge in [-0.05, 0) is 45.8 Å². The lowest BCUT2D eigenvalue weighted by Crippen LogP contribution is -1.94. The van der Waals surface area contributed by atoms with E-state index in [4.69, 9.17) is 9.84 Å². The van der Waals surface area contributed by atoms with Gasteiger partial charge in [0.1, 0.15) is 5.75 Å². The number of aliphatic hydroxyl groups is 1. The van der Waals surface area contributed by atoms with Crippen molar-refractivity contribution in [1.29, 1.82) is 0 Å². The molecule has 0 amide bonds. The van der Waals surface area contributed by atoms with Gasteiger partial charge < -0.3 is 9.84 Å². The zero-order chi connectivity index (χ0) is 14.0. The van der Waals surface area contributed by atoms with Crippen molar-refractivity contribution in [3.63, 3.8) is 0 Å². The van der Waals surface area contributed by atoms with E-state index < -0.39 is 11.6 Å². The van der Waals surface area contributed by atoms with Crippen molar-refractivity contribution < 1.29 is 18.6 Å². The zero-order valence-corrected chi connectivity index (χ0v) is 12.6. The van der Waals surface area contributed by atoms with Crippen LogP contribution in [0.4, 0.5) is 8.78 Å². The van der Waals surface area contributed by atoms with Crippen molar-refractivity contribution in [3.05, 3.63) is 56.5 Å². The second kappa shape index (κ2) is 5.98. The highest BCUT2D eigenvalue weighted by molar-refractivity contribution is 9.10. The smallest absolute Gasteiger partial charge is 0.201 e. The van der Waals surface area contributed by atoms with Crippen LogP contribution in [0, 0.1) is 11.6 Å². The first kappa shape index (κ1) is 14.4. The lowest BCUT2D eigenvalue weighted by Gasteiger charge is -2.10. The SMILES string of the molecule is OCc1ccc(Oc2cc(Br)cc(F)c2F)c(Br)c1. The Morgan fingerprint density at radius 2 is 1.79 bits per heavy atom. The van der Waals surface area contributed by atoms with Crippen LogP contribution in [0.5, 0.6) is 11.5 Å². The fourth-order valence-electron chi connectivity index (χ4n) is 1.45. The third kappa shape index (κ3) is 3.32. The molecule has 0 spiro atoms. The zero-order valence-electron chi connectivity index (χ0n) is 9.46. The molecule has 0 unspecified atom stereocenters. The molecule has 0 saturated carbocycles. The van der Waals surface area contributed by atoms with Gasteiger partial charge in [0.05, 0.1) is 11.1 Å². The minimum Gasteiger partial charge on any atom is -0.453 e. The molecular formula is C13H8Br2F2O2. The van der Waals surface area contributed by atoms with Crippen molar-refractivity contribution >= 4 is 31.9 Å². The topological polar surface area (TPSA) is 29.5 Å². The average molecular weight is 394 g/mol. The van der Waals surface area contributed by atoms with Crippen LogP contribution < -0.4 is 4.74 Å². The summed E-state index contributed by atoms with van der Waals surface area (Å²) in [6, 6.07) is 7.19. The van der Waals surface area contributed by atoms with Gasteiger partial charge >= 0.3 is 0 Å². The molecule has 2 rings (SSSR count). The second-order valence-corrected chi connectivity index (χ2v) is 5.49. The highest BCUT2D eigenvalue weighted by Gasteiger charge is 2.13. The molecule has 0 aliphatic carbocycles. The average Bonchev–Trinajstić information content (AvgIpc) is 2.37. The number of hydrogen-bond donors (Lipinski definition) is 1. The van der Waals surface area contributed by atoms with Crippen LogP contribution in [0.1, 0.15) is 5.56 Å². The van der Waals surface area contributed by atoms with Crippen molar-refractivity contribution in [2.24, 2.45) is 0 Å². The van der Waals surface area contributed by atoms with Crippen LogP contribution in [0.2, 0.25) is 0 Å². The Morgan fingerprint density at radius 3 is 2.42 bits per heavy atom. The van der Waals surface area contributed by atoms with E-state index in [0.29, 0.717) is 20.3 Å². The predicted molar refractivity (Wildman–Crippen MR) is 74.2 cm³/mol. The third-order valence-electron chi connectivity index (χ3n) is 2.36. The van der Waals surface area contributed by atoms with Crippen molar-refractivity contribution in [3.8, 4) is 11.5 Å². The Hall–Kier alpha value is -0.980. The Bertz CT molecular complexity index is 618. The second-order valence-electron chi connectivity index (χ2n) is 3.72. The van der Waals surface area contributed by atoms with Gasteiger partial charge in [0, 0.05) is 4.47 Å². The molecule has 100 valence electrons. The first-order valence-electron chi connectivity index (χ1n) is 5.23. The van der Waals surface area contributed by atoms with Crippen LogP contribution in [0.15, 0.2) is 39.3 Å². The summed E-state index contributed by atoms with van der Waals surface area (Å²) in [6.07, 6.45) is 0. The fourth-order valence-corrected chi connectivity index (χ4v) is 2.37. The monoisotopic (exact) mass is 392 g/mol. The maximum Gasteiger partial charge on any atom is 0.201 e. The van der Waals surface area contributed by atoms with E-state index in [2.05, 4.69) is 31.9 Å². The molecule has 0 saturated heterocycles. The number of ether oxygens (including phenoxy) is 1. The molecule has 0 bridgehead atoms. The van der Waals surface area contributed by atoms with Gasteiger partial charge in [-0.1, -0.05) is 22.0 Å². The van der Waals surface area contributed by atoms with Crippen molar-refractivity contribution in [1.82, 2.24) is 0 Å². The molecule has 0 heterocycles. The highest BCUT2D eigenvalue weighted by Crippen LogP contribution is 2.34. The molecule has 2 aromatic rings. The molecular weight excluding hydrogens is 386 g/mol. The molecule has 1 N–H and O–H groups in total. The molecule has 0 aliphatic rings. The van der Waals surface area contributed by atoms with E-state index >= 15 is 0 Å². The molecule has 0 aliphatic heterocycles. The summed E-state index contributed by atoms with van der Waals surface area (Å²) in [6.45, 7) is -0.112. The number of hydrogen-bond acceptors (Lipinski definition) is 2. The minimum absolute atomic E-state index is 0.112. The standard InChI is InChI=1S/C13H8Br2F2O2/c14-8-4-10(16)13(17)12(5-8)19-11-2-1-7(6-18)3-9(11)15/h1-5,18H,6H2. The van der Waals surface area contributed by atoms with Crippen LogP contribution in [0.25, 0.3) is 0 Å². The predicted octanol–water partition coefficient (Wildman–Crippen LogP) is 4.77. The molecule has 0 fully saturated rings. The van der Waals surface area contributed by atoms with Gasteiger partial charge in [0.2, 0.25) is 5.82 Å². The summed E-state index contributed by atoms with van der Waals surface area (Å²) in [5, 5.41) is 8.98. The summed E-state index contributed by atoms with van der Waals surface area (Å²) in [7, 11) is 0. The molecule has 2 nitrogen and oxygen atoms in total. The normalized spacial score (nSPS) is 10.6. The largest absolute Gasteiger partial charge is 0.453 e. The maximum absolute atomic E-state index is 13.6. The number of rotatable bonds is 3. The van der Waals surface area contributed by atoms with Crippen LogP contribution in [-0.4, -0.2) is 5.11 Å².